The lowest BCUT2D eigenvalue weighted by atomic mass is 9.98. The largest absolute Gasteiger partial charge is 0.329 e. The van der Waals surface area contributed by atoms with E-state index >= 15 is 0 Å². The highest BCUT2D eigenvalue weighted by atomic mass is 32.2. The number of piperazine rings is 1. The molecule has 2 N–H and O–H groups in total. The summed E-state index contributed by atoms with van der Waals surface area (Å²) in [6, 6.07) is 0.461. The van der Waals surface area contributed by atoms with Gasteiger partial charge in [0.2, 0.25) is 10.0 Å². The van der Waals surface area contributed by atoms with Crippen molar-refractivity contribution in [3.05, 3.63) is 0 Å². The van der Waals surface area contributed by atoms with Crippen LogP contribution in [0.15, 0.2) is 0 Å². The molecule has 6 nitrogen and oxygen atoms in total. The molecule has 2 rings (SSSR count). The third kappa shape index (κ3) is 4.89. The van der Waals surface area contributed by atoms with Gasteiger partial charge in [-0.2, -0.15) is 0 Å². The molecule has 0 amide bonds. The van der Waals surface area contributed by atoms with Crippen molar-refractivity contribution >= 4 is 10.0 Å². The molecule has 0 bridgehead atoms. The van der Waals surface area contributed by atoms with Crippen molar-refractivity contribution in [2.75, 3.05) is 58.6 Å². The van der Waals surface area contributed by atoms with Crippen LogP contribution >= 0.6 is 0 Å². The third-order valence-electron chi connectivity index (χ3n) is 4.84. The quantitative estimate of drug-likeness (QED) is 0.748. The fourth-order valence-electron chi connectivity index (χ4n) is 3.38. The fourth-order valence-corrected chi connectivity index (χ4v) is 4.32. The van der Waals surface area contributed by atoms with E-state index in [4.69, 9.17) is 5.73 Å². The average Bonchev–Trinajstić information content (AvgIpc) is 2.47. The number of piperidine rings is 1. The summed E-state index contributed by atoms with van der Waals surface area (Å²) in [4.78, 5) is 4.93. The smallest absolute Gasteiger partial charge is 0.211 e. The Morgan fingerprint density at radius 2 is 1.86 bits per heavy atom. The zero-order chi connectivity index (χ0) is 15.5. The first kappa shape index (κ1) is 17.1. The van der Waals surface area contributed by atoms with E-state index in [-0.39, 0.29) is 0 Å². The van der Waals surface area contributed by atoms with Gasteiger partial charge >= 0.3 is 0 Å². The summed E-state index contributed by atoms with van der Waals surface area (Å²) in [6.07, 6.45) is 3.45. The zero-order valence-corrected chi connectivity index (χ0v) is 14.2. The Morgan fingerprint density at radius 1 is 1.19 bits per heavy atom. The summed E-state index contributed by atoms with van der Waals surface area (Å²) in [6.45, 7) is 9.58. The Hall–Kier alpha value is -0.210. The molecule has 0 spiro atoms. The summed E-state index contributed by atoms with van der Waals surface area (Å²) < 4.78 is 25.0. The molecule has 0 aliphatic carbocycles. The van der Waals surface area contributed by atoms with E-state index in [1.165, 1.54) is 6.26 Å². The second kappa shape index (κ2) is 7.37. The van der Waals surface area contributed by atoms with Crippen molar-refractivity contribution < 1.29 is 8.42 Å². The van der Waals surface area contributed by atoms with E-state index in [1.807, 2.05) is 0 Å². The van der Waals surface area contributed by atoms with Gasteiger partial charge in [-0.15, -0.1) is 0 Å². The number of nitrogens with two attached hydrogens (primary N) is 1. The maximum absolute atomic E-state index is 11.7. The molecule has 7 heteroatoms. The minimum atomic E-state index is -3.03. The van der Waals surface area contributed by atoms with Crippen LogP contribution in [-0.4, -0.2) is 87.2 Å². The highest BCUT2D eigenvalue weighted by Crippen LogP contribution is 2.20. The van der Waals surface area contributed by atoms with Crippen molar-refractivity contribution in [2.45, 2.75) is 25.8 Å². The fraction of sp³-hybridized carbons (Fsp3) is 1.00. The van der Waals surface area contributed by atoms with E-state index in [2.05, 4.69) is 16.7 Å². The van der Waals surface area contributed by atoms with Crippen molar-refractivity contribution in [1.29, 1.82) is 0 Å². The molecule has 124 valence electrons. The van der Waals surface area contributed by atoms with Crippen molar-refractivity contribution in [2.24, 2.45) is 11.7 Å². The van der Waals surface area contributed by atoms with Crippen LogP contribution in [0.3, 0.4) is 0 Å². The SMILES string of the molecule is CC(CN)N1CCN(CC2CCCN(S(C)(=O)=O)C2)CC1. The van der Waals surface area contributed by atoms with Gasteiger partial charge in [0.15, 0.2) is 0 Å². The summed E-state index contributed by atoms with van der Waals surface area (Å²) in [5, 5.41) is 0. The molecule has 0 aromatic heterocycles. The van der Waals surface area contributed by atoms with Gasteiger partial charge in [-0.25, -0.2) is 12.7 Å². The van der Waals surface area contributed by atoms with Crippen molar-refractivity contribution in [1.82, 2.24) is 14.1 Å². The van der Waals surface area contributed by atoms with Gasteiger partial charge in [0, 0.05) is 58.4 Å². The molecule has 0 radical (unpaired) electrons. The molecule has 2 heterocycles. The summed E-state index contributed by atoms with van der Waals surface area (Å²) in [5.74, 6) is 0.479. The van der Waals surface area contributed by atoms with E-state index in [9.17, 15) is 8.42 Å². The zero-order valence-electron chi connectivity index (χ0n) is 13.4. The molecule has 2 fully saturated rings. The van der Waals surface area contributed by atoms with Crippen molar-refractivity contribution in [3.8, 4) is 0 Å². The molecule has 2 unspecified atom stereocenters. The van der Waals surface area contributed by atoms with E-state index in [1.54, 1.807) is 4.31 Å². The van der Waals surface area contributed by atoms with Gasteiger partial charge in [-0.05, 0) is 25.7 Å². The van der Waals surface area contributed by atoms with Crippen LogP contribution in [0.5, 0.6) is 0 Å². The maximum atomic E-state index is 11.7. The Balaban J connectivity index is 1.78. The van der Waals surface area contributed by atoms with Crippen LogP contribution < -0.4 is 5.73 Å². The van der Waals surface area contributed by atoms with Crippen LogP contribution in [0.25, 0.3) is 0 Å². The maximum Gasteiger partial charge on any atom is 0.211 e. The van der Waals surface area contributed by atoms with E-state index < -0.39 is 10.0 Å². The summed E-state index contributed by atoms with van der Waals surface area (Å²) in [5.41, 5.74) is 5.73. The average molecular weight is 318 g/mol. The van der Waals surface area contributed by atoms with Crippen LogP contribution in [-0.2, 0) is 10.0 Å². The molecule has 2 aliphatic rings. The predicted molar refractivity (Wildman–Crippen MR) is 85.7 cm³/mol. The summed E-state index contributed by atoms with van der Waals surface area (Å²) in [7, 11) is -3.03. The molecular weight excluding hydrogens is 288 g/mol. The first-order valence-electron chi connectivity index (χ1n) is 8.01. The predicted octanol–water partition coefficient (Wildman–Crippen LogP) is -0.377. The second-order valence-electron chi connectivity index (χ2n) is 6.55. The van der Waals surface area contributed by atoms with Crippen molar-refractivity contribution in [3.63, 3.8) is 0 Å². The molecule has 2 aliphatic heterocycles. The highest BCUT2D eigenvalue weighted by molar-refractivity contribution is 7.88. The molecule has 2 atom stereocenters. The van der Waals surface area contributed by atoms with Crippen LogP contribution in [0.1, 0.15) is 19.8 Å². The topological polar surface area (TPSA) is 69.9 Å². The molecular formula is C14H30N4O2S. The van der Waals surface area contributed by atoms with Crippen LogP contribution in [0, 0.1) is 5.92 Å². The lowest BCUT2D eigenvalue weighted by Gasteiger charge is -2.40. The lowest BCUT2D eigenvalue weighted by Crippen LogP contribution is -2.53. The Labute approximate surface area is 129 Å². The van der Waals surface area contributed by atoms with Gasteiger partial charge < -0.3 is 10.6 Å². The minimum Gasteiger partial charge on any atom is -0.329 e. The van der Waals surface area contributed by atoms with Crippen LogP contribution in [0.2, 0.25) is 0 Å². The van der Waals surface area contributed by atoms with E-state index in [0.717, 1.165) is 45.6 Å². The lowest BCUT2D eigenvalue weighted by molar-refractivity contribution is 0.0848. The number of hydrogen-bond donors (Lipinski definition) is 1. The van der Waals surface area contributed by atoms with Gasteiger partial charge in [-0.1, -0.05) is 0 Å². The monoisotopic (exact) mass is 318 g/mol. The Morgan fingerprint density at radius 3 is 2.43 bits per heavy atom. The third-order valence-corrected chi connectivity index (χ3v) is 6.11. The highest BCUT2D eigenvalue weighted by Gasteiger charge is 2.28. The second-order valence-corrected chi connectivity index (χ2v) is 8.53. The van der Waals surface area contributed by atoms with E-state index in [0.29, 0.717) is 31.6 Å². The van der Waals surface area contributed by atoms with Gasteiger partial charge in [0.25, 0.3) is 0 Å². The standard InChI is InChI=1S/C14H30N4O2S/c1-13(10-15)17-8-6-16(7-9-17)11-14-4-3-5-18(12-14)21(2,19)20/h13-14H,3-12,15H2,1-2H3. The number of nitrogens with zero attached hydrogens (tertiary/aromatic N) is 3. The molecule has 21 heavy (non-hydrogen) atoms. The van der Waals surface area contributed by atoms with Gasteiger partial charge in [0.1, 0.15) is 0 Å². The molecule has 0 saturated carbocycles. The Bertz CT molecular complexity index is 421. The molecule has 2 saturated heterocycles. The number of rotatable bonds is 5. The summed E-state index contributed by atoms with van der Waals surface area (Å²) >= 11 is 0. The molecule has 0 aromatic carbocycles. The van der Waals surface area contributed by atoms with Gasteiger partial charge in [-0.3, -0.25) is 4.90 Å². The van der Waals surface area contributed by atoms with Crippen LogP contribution in [0.4, 0.5) is 0 Å². The normalized spacial score (nSPS) is 28.6. The molecule has 0 aromatic rings. The number of hydrogen-bond acceptors (Lipinski definition) is 5. The minimum absolute atomic E-state index is 0.461. The number of sulfonamides is 1. The first-order valence-corrected chi connectivity index (χ1v) is 9.86. The first-order chi connectivity index (χ1) is 9.90. The van der Waals surface area contributed by atoms with Gasteiger partial charge in [0.05, 0.1) is 6.26 Å². The Kier molecular flexibility index (Phi) is 6.02.